The summed E-state index contributed by atoms with van der Waals surface area (Å²) in [6.07, 6.45) is -0.798. The minimum atomic E-state index is -4.05. The summed E-state index contributed by atoms with van der Waals surface area (Å²) in [4.78, 5) is 22.9. The van der Waals surface area contributed by atoms with Crippen LogP contribution in [0.1, 0.15) is 22.1 Å². The van der Waals surface area contributed by atoms with Crippen molar-refractivity contribution in [3.05, 3.63) is 47.5 Å². The Labute approximate surface area is 160 Å². The molecule has 0 bridgehead atoms. The molecule has 2 aromatic rings. The highest BCUT2D eigenvalue weighted by atomic mass is 32.2. The van der Waals surface area contributed by atoms with Gasteiger partial charge in [-0.2, -0.15) is 0 Å². The predicted octanol–water partition coefficient (Wildman–Crippen LogP) is 1.34. The molecule has 0 aliphatic carbocycles. The van der Waals surface area contributed by atoms with Gasteiger partial charge in [-0.05, 0) is 36.4 Å². The fourth-order valence-corrected chi connectivity index (χ4v) is 3.66. The number of sulfonamides is 1. The number of nitrogens with one attached hydrogen (secondary N) is 2. The Morgan fingerprint density at radius 1 is 1.11 bits per heavy atom. The topological polar surface area (TPSA) is 146 Å². The average molecular weight is 407 g/mol. The summed E-state index contributed by atoms with van der Waals surface area (Å²) >= 11 is 0. The van der Waals surface area contributed by atoms with Crippen LogP contribution in [0.3, 0.4) is 0 Å². The third-order valence-corrected chi connectivity index (χ3v) is 5.35. The second-order valence-electron chi connectivity index (χ2n) is 5.69. The Hall–Kier alpha value is -3.47. The summed E-state index contributed by atoms with van der Waals surface area (Å²) in [7, 11) is -1.16. The van der Waals surface area contributed by atoms with Crippen molar-refractivity contribution >= 4 is 27.7 Å². The van der Waals surface area contributed by atoms with Gasteiger partial charge in [-0.1, -0.05) is 0 Å². The molecule has 0 aromatic heterocycles. The van der Waals surface area contributed by atoms with Crippen LogP contribution in [-0.4, -0.2) is 34.6 Å². The number of hydrogen-bond donors (Lipinski definition) is 3. The van der Waals surface area contributed by atoms with E-state index in [1.54, 1.807) is 16.9 Å². The highest BCUT2D eigenvalue weighted by Gasteiger charge is 2.35. The fraction of sp³-hybridized carbons (Fsp3) is 0.176. The number of esters is 1. The Morgan fingerprint density at radius 3 is 2.36 bits per heavy atom. The fourth-order valence-electron chi connectivity index (χ4n) is 2.78. The van der Waals surface area contributed by atoms with E-state index in [2.05, 4.69) is 5.32 Å². The summed E-state index contributed by atoms with van der Waals surface area (Å²) in [5, 5.41) is 2.99. The number of nitrogens with two attached hydrogens (primary N) is 1. The first-order chi connectivity index (χ1) is 13.3. The van der Waals surface area contributed by atoms with Gasteiger partial charge >= 0.3 is 12.0 Å². The summed E-state index contributed by atoms with van der Waals surface area (Å²) in [5.74, 6) is 0.0942. The lowest BCUT2D eigenvalue weighted by molar-refractivity contribution is 0.0435. The Kier molecular flexibility index (Phi) is 5.01. The van der Waals surface area contributed by atoms with E-state index in [4.69, 9.17) is 19.9 Å². The first-order valence-corrected chi connectivity index (χ1v) is 9.40. The number of anilines is 1. The molecule has 3 rings (SSSR count). The number of hydrogen-bond acceptors (Lipinski definition) is 8. The second kappa shape index (κ2) is 7.27. The largest absolute Gasteiger partial charge is 0.493 e. The van der Waals surface area contributed by atoms with Gasteiger partial charge in [0, 0.05) is 11.3 Å². The van der Waals surface area contributed by atoms with E-state index in [9.17, 15) is 18.0 Å². The standard InChI is InChI=1S/C17H17N3O7S/c1-25-12-8-7-11-13(14(12)26-2)16(21)27-15(11)19-9-3-5-10(6-4-9)28(23,24)20-17(18)22/h3-8,15,19H,1-2H3,(H3,18,20,22)/t15-/m0/s1. The molecule has 4 N–H and O–H groups in total. The number of cyclic esters (lactones) is 1. The van der Waals surface area contributed by atoms with E-state index >= 15 is 0 Å². The Balaban J connectivity index is 1.85. The maximum absolute atomic E-state index is 12.3. The average Bonchev–Trinajstić information content (AvgIpc) is 2.96. The number of carbonyl (C=O) groups excluding carboxylic acids is 2. The number of methoxy groups -OCH3 is 2. The Morgan fingerprint density at radius 2 is 1.79 bits per heavy atom. The van der Waals surface area contributed by atoms with E-state index < -0.39 is 28.3 Å². The molecule has 1 heterocycles. The zero-order chi connectivity index (χ0) is 20.5. The maximum Gasteiger partial charge on any atom is 0.344 e. The quantitative estimate of drug-likeness (QED) is 0.608. The van der Waals surface area contributed by atoms with E-state index in [1.165, 1.54) is 38.5 Å². The number of amides is 2. The molecule has 2 amide bonds. The van der Waals surface area contributed by atoms with E-state index in [0.717, 1.165) is 0 Å². The lowest BCUT2D eigenvalue weighted by Gasteiger charge is -2.15. The smallest absolute Gasteiger partial charge is 0.344 e. The van der Waals surface area contributed by atoms with Crippen LogP contribution < -0.4 is 25.2 Å². The lowest BCUT2D eigenvalue weighted by atomic mass is 10.1. The molecule has 148 valence electrons. The highest BCUT2D eigenvalue weighted by molar-refractivity contribution is 7.90. The molecule has 10 nitrogen and oxygen atoms in total. The van der Waals surface area contributed by atoms with Gasteiger partial charge in [0.2, 0.25) is 6.23 Å². The third-order valence-electron chi connectivity index (χ3n) is 3.99. The van der Waals surface area contributed by atoms with Crippen LogP contribution in [0.5, 0.6) is 11.5 Å². The van der Waals surface area contributed by atoms with E-state index in [0.29, 0.717) is 17.0 Å². The van der Waals surface area contributed by atoms with Crippen molar-refractivity contribution in [2.45, 2.75) is 11.1 Å². The summed E-state index contributed by atoms with van der Waals surface area (Å²) in [5.41, 5.74) is 6.14. The number of urea groups is 1. The van der Waals surface area contributed by atoms with Crippen LogP contribution in [0.4, 0.5) is 10.5 Å². The molecule has 1 aliphatic rings. The van der Waals surface area contributed by atoms with E-state index in [-0.39, 0.29) is 16.2 Å². The molecule has 0 unspecified atom stereocenters. The van der Waals surface area contributed by atoms with Crippen LogP contribution in [0.2, 0.25) is 0 Å². The predicted molar refractivity (Wildman–Crippen MR) is 97.7 cm³/mol. The number of primary amides is 1. The molecule has 0 spiro atoms. The number of carbonyl (C=O) groups is 2. The zero-order valence-electron chi connectivity index (χ0n) is 14.9. The molecule has 11 heteroatoms. The Bertz CT molecular complexity index is 1040. The van der Waals surface area contributed by atoms with Gasteiger partial charge in [-0.3, -0.25) is 0 Å². The van der Waals surface area contributed by atoms with Gasteiger partial charge < -0.3 is 25.3 Å². The van der Waals surface area contributed by atoms with Crippen LogP contribution in [0.15, 0.2) is 41.3 Å². The van der Waals surface area contributed by atoms with Gasteiger partial charge in [0.1, 0.15) is 5.56 Å². The van der Waals surface area contributed by atoms with Gasteiger partial charge in [0.25, 0.3) is 10.0 Å². The normalized spacial score (nSPS) is 15.4. The third kappa shape index (κ3) is 3.51. The molecule has 28 heavy (non-hydrogen) atoms. The molecule has 1 aliphatic heterocycles. The molecule has 0 fully saturated rings. The van der Waals surface area contributed by atoms with Crippen LogP contribution in [0.25, 0.3) is 0 Å². The van der Waals surface area contributed by atoms with Crippen LogP contribution >= 0.6 is 0 Å². The molecule has 0 saturated heterocycles. The molecule has 1 atom stereocenters. The van der Waals surface area contributed by atoms with E-state index in [1.807, 2.05) is 0 Å². The zero-order valence-corrected chi connectivity index (χ0v) is 15.7. The monoisotopic (exact) mass is 407 g/mol. The SMILES string of the molecule is COc1ccc2c(c1OC)C(=O)O[C@@H]2Nc1ccc(S(=O)(=O)NC(N)=O)cc1. The van der Waals surface area contributed by atoms with Crippen LogP contribution in [-0.2, 0) is 14.8 Å². The van der Waals surface area contributed by atoms with Crippen molar-refractivity contribution in [1.82, 2.24) is 4.72 Å². The molecule has 0 radical (unpaired) electrons. The van der Waals surface area contributed by atoms with Crippen molar-refractivity contribution in [1.29, 1.82) is 0 Å². The maximum atomic E-state index is 12.3. The number of fused-ring (bicyclic) bond motifs is 1. The van der Waals surface area contributed by atoms with Crippen LogP contribution in [0, 0.1) is 0 Å². The first-order valence-electron chi connectivity index (χ1n) is 7.91. The van der Waals surface area contributed by atoms with Gasteiger partial charge in [0.05, 0.1) is 19.1 Å². The summed E-state index contributed by atoms with van der Waals surface area (Å²) in [6.45, 7) is 0. The molecule has 2 aromatic carbocycles. The summed E-state index contributed by atoms with van der Waals surface area (Å²) < 4.78 is 41.3. The van der Waals surface area contributed by atoms with Crippen molar-refractivity contribution < 1.29 is 32.2 Å². The van der Waals surface area contributed by atoms with Gasteiger partial charge in [-0.25, -0.2) is 22.7 Å². The number of ether oxygens (including phenoxy) is 3. The van der Waals surface area contributed by atoms with Crippen molar-refractivity contribution in [2.24, 2.45) is 5.73 Å². The molecular formula is C17H17N3O7S. The number of rotatable bonds is 6. The van der Waals surface area contributed by atoms with Gasteiger partial charge in [-0.15, -0.1) is 0 Å². The minimum Gasteiger partial charge on any atom is -0.493 e. The lowest BCUT2D eigenvalue weighted by Crippen LogP contribution is -2.34. The second-order valence-corrected chi connectivity index (χ2v) is 7.37. The first kappa shape index (κ1) is 19.3. The molecule has 0 saturated carbocycles. The van der Waals surface area contributed by atoms with Crippen molar-refractivity contribution in [3.63, 3.8) is 0 Å². The van der Waals surface area contributed by atoms with Crippen molar-refractivity contribution in [3.8, 4) is 11.5 Å². The molecular weight excluding hydrogens is 390 g/mol. The van der Waals surface area contributed by atoms with Crippen molar-refractivity contribution in [2.75, 3.05) is 19.5 Å². The summed E-state index contributed by atoms with van der Waals surface area (Å²) in [6, 6.07) is 7.62. The highest BCUT2D eigenvalue weighted by Crippen LogP contribution is 2.42. The minimum absolute atomic E-state index is 0.146. The van der Waals surface area contributed by atoms with Gasteiger partial charge in [0.15, 0.2) is 11.5 Å². The number of benzene rings is 2.